The first-order valence-electron chi connectivity index (χ1n) is 5.19. The molecule has 0 aliphatic rings. The molecule has 2 N–H and O–H groups in total. The third-order valence-corrected chi connectivity index (χ3v) is 2.27. The highest BCUT2D eigenvalue weighted by Gasteiger charge is 2.21. The number of rotatable bonds is 4. The molecule has 0 radical (unpaired) electrons. The maximum atomic E-state index is 11.7. The Hall–Kier alpha value is -1.36. The van der Waals surface area contributed by atoms with Gasteiger partial charge in [0.1, 0.15) is 0 Å². The van der Waals surface area contributed by atoms with Crippen molar-refractivity contribution >= 4 is 5.91 Å². The van der Waals surface area contributed by atoms with Gasteiger partial charge in [-0.25, -0.2) is 4.98 Å². The van der Waals surface area contributed by atoms with Gasteiger partial charge >= 0.3 is 0 Å². The van der Waals surface area contributed by atoms with E-state index in [4.69, 9.17) is 9.52 Å². The Morgan fingerprint density at radius 1 is 1.50 bits per heavy atom. The molecule has 90 valence electrons. The Bertz CT molecular complexity index is 383. The molecular weight excluding hydrogens is 208 g/mol. The van der Waals surface area contributed by atoms with Gasteiger partial charge in [-0.2, -0.15) is 0 Å². The summed E-state index contributed by atoms with van der Waals surface area (Å²) in [7, 11) is 0. The molecule has 1 aromatic heterocycles. The normalized spacial score (nSPS) is 11.6. The first-order chi connectivity index (χ1) is 7.35. The van der Waals surface area contributed by atoms with Gasteiger partial charge in [-0.15, -0.1) is 0 Å². The summed E-state index contributed by atoms with van der Waals surface area (Å²) in [5.41, 5.74) is 0.246. The molecule has 1 amide bonds. The number of aliphatic hydroxyl groups excluding tert-OH is 1. The average Bonchev–Trinajstić information content (AvgIpc) is 2.54. The standard InChI is InChI=1S/C11H18N2O3/c1-7-9(16-8(2)13-7)10(15)12-5-11(3,4)6-14/h14H,5-6H2,1-4H3,(H,12,15). The smallest absolute Gasteiger partial charge is 0.289 e. The Morgan fingerprint density at radius 3 is 2.56 bits per heavy atom. The Balaban J connectivity index is 2.63. The highest BCUT2D eigenvalue weighted by atomic mass is 16.4. The summed E-state index contributed by atoms with van der Waals surface area (Å²) >= 11 is 0. The molecule has 1 rings (SSSR count). The van der Waals surface area contributed by atoms with Crippen LogP contribution in [-0.2, 0) is 0 Å². The van der Waals surface area contributed by atoms with Crippen LogP contribution >= 0.6 is 0 Å². The van der Waals surface area contributed by atoms with Gasteiger partial charge in [-0.05, 0) is 6.92 Å². The van der Waals surface area contributed by atoms with Crippen LogP contribution in [0.3, 0.4) is 0 Å². The van der Waals surface area contributed by atoms with Gasteiger partial charge in [0.05, 0.1) is 5.69 Å². The van der Waals surface area contributed by atoms with Gasteiger partial charge in [-0.1, -0.05) is 13.8 Å². The fraction of sp³-hybridized carbons (Fsp3) is 0.636. The van der Waals surface area contributed by atoms with Crippen molar-refractivity contribution < 1.29 is 14.3 Å². The molecular formula is C11H18N2O3. The van der Waals surface area contributed by atoms with Crippen molar-refractivity contribution in [2.24, 2.45) is 5.41 Å². The summed E-state index contributed by atoms with van der Waals surface area (Å²) in [6.07, 6.45) is 0. The molecule has 0 aliphatic carbocycles. The van der Waals surface area contributed by atoms with E-state index in [9.17, 15) is 4.79 Å². The second kappa shape index (κ2) is 4.65. The van der Waals surface area contributed by atoms with Crippen molar-refractivity contribution in [3.8, 4) is 0 Å². The Morgan fingerprint density at radius 2 is 2.12 bits per heavy atom. The van der Waals surface area contributed by atoms with E-state index < -0.39 is 0 Å². The zero-order valence-electron chi connectivity index (χ0n) is 10.1. The lowest BCUT2D eigenvalue weighted by atomic mass is 9.95. The maximum Gasteiger partial charge on any atom is 0.289 e. The van der Waals surface area contributed by atoms with Crippen LogP contribution in [0.15, 0.2) is 4.42 Å². The second-order valence-corrected chi connectivity index (χ2v) is 4.65. The molecule has 0 atom stereocenters. The number of nitrogens with zero attached hydrogens (tertiary/aromatic N) is 1. The molecule has 0 aliphatic heterocycles. The first kappa shape index (κ1) is 12.7. The van der Waals surface area contributed by atoms with Gasteiger partial charge in [0, 0.05) is 25.5 Å². The monoisotopic (exact) mass is 226 g/mol. The van der Waals surface area contributed by atoms with Crippen LogP contribution in [0.25, 0.3) is 0 Å². The molecule has 0 fully saturated rings. The number of amides is 1. The average molecular weight is 226 g/mol. The highest BCUT2D eigenvalue weighted by Crippen LogP contribution is 2.13. The van der Waals surface area contributed by atoms with Gasteiger partial charge in [0.2, 0.25) is 5.76 Å². The van der Waals surface area contributed by atoms with Gasteiger partial charge < -0.3 is 14.8 Å². The minimum Gasteiger partial charge on any atom is -0.436 e. The molecule has 5 heteroatoms. The van der Waals surface area contributed by atoms with Crippen molar-refractivity contribution in [3.05, 3.63) is 17.3 Å². The first-order valence-corrected chi connectivity index (χ1v) is 5.19. The zero-order valence-corrected chi connectivity index (χ0v) is 10.1. The van der Waals surface area contributed by atoms with Crippen molar-refractivity contribution in [2.75, 3.05) is 13.2 Å². The number of aryl methyl sites for hydroxylation is 2. The van der Waals surface area contributed by atoms with Crippen molar-refractivity contribution in [3.63, 3.8) is 0 Å². The number of nitrogens with one attached hydrogen (secondary N) is 1. The van der Waals surface area contributed by atoms with Crippen molar-refractivity contribution in [1.29, 1.82) is 0 Å². The largest absolute Gasteiger partial charge is 0.436 e. The molecule has 0 saturated carbocycles. The number of aromatic nitrogens is 1. The van der Waals surface area contributed by atoms with Crippen LogP contribution in [0, 0.1) is 19.3 Å². The summed E-state index contributed by atoms with van der Waals surface area (Å²) in [4.78, 5) is 15.7. The van der Waals surface area contributed by atoms with Crippen LogP contribution < -0.4 is 5.32 Å². The lowest BCUT2D eigenvalue weighted by Crippen LogP contribution is -2.36. The SMILES string of the molecule is Cc1nc(C)c(C(=O)NCC(C)(C)CO)o1. The van der Waals surface area contributed by atoms with Crippen LogP contribution in [0.4, 0.5) is 0 Å². The lowest BCUT2D eigenvalue weighted by Gasteiger charge is -2.21. The molecule has 16 heavy (non-hydrogen) atoms. The van der Waals surface area contributed by atoms with Gasteiger partial charge in [0.15, 0.2) is 5.89 Å². The molecule has 1 aromatic rings. The summed E-state index contributed by atoms with van der Waals surface area (Å²) in [6, 6.07) is 0. The van der Waals surface area contributed by atoms with Gasteiger partial charge in [0.25, 0.3) is 5.91 Å². The fourth-order valence-electron chi connectivity index (χ4n) is 1.20. The summed E-state index contributed by atoms with van der Waals surface area (Å²) in [6.45, 7) is 7.56. The van der Waals surface area contributed by atoms with E-state index >= 15 is 0 Å². The Labute approximate surface area is 94.9 Å². The summed E-state index contributed by atoms with van der Waals surface area (Å²) < 4.78 is 5.19. The number of carbonyl (C=O) groups is 1. The molecule has 5 nitrogen and oxygen atoms in total. The van der Waals surface area contributed by atoms with E-state index in [0.29, 0.717) is 18.1 Å². The number of hydrogen-bond acceptors (Lipinski definition) is 4. The zero-order chi connectivity index (χ0) is 12.3. The predicted molar refractivity (Wildman–Crippen MR) is 59.2 cm³/mol. The van der Waals surface area contributed by atoms with E-state index in [2.05, 4.69) is 10.3 Å². The second-order valence-electron chi connectivity index (χ2n) is 4.65. The fourth-order valence-corrected chi connectivity index (χ4v) is 1.20. The Kier molecular flexibility index (Phi) is 3.70. The van der Waals surface area contributed by atoms with E-state index in [1.807, 2.05) is 13.8 Å². The van der Waals surface area contributed by atoms with E-state index in [1.54, 1.807) is 13.8 Å². The molecule has 0 spiro atoms. The molecule has 0 saturated heterocycles. The van der Waals surface area contributed by atoms with Crippen LogP contribution in [0.2, 0.25) is 0 Å². The molecule has 0 bridgehead atoms. The third kappa shape index (κ3) is 3.06. The minimum absolute atomic E-state index is 0.0156. The van der Waals surface area contributed by atoms with Crippen molar-refractivity contribution in [2.45, 2.75) is 27.7 Å². The summed E-state index contributed by atoms with van der Waals surface area (Å²) in [5, 5.41) is 11.8. The molecule has 1 heterocycles. The molecule has 0 unspecified atom stereocenters. The van der Waals surface area contributed by atoms with Gasteiger partial charge in [-0.3, -0.25) is 4.79 Å². The van der Waals surface area contributed by atoms with Crippen LogP contribution in [-0.4, -0.2) is 29.1 Å². The minimum atomic E-state index is -0.335. The van der Waals surface area contributed by atoms with E-state index in [0.717, 1.165) is 0 Å². The number of oxazole rings is 1. The lowest BCUT2D eigenvalue weighted by molar-refractivity contribution is 0.0881. The quantitative estimate of drug-likeness (QED) is 0.804. The number of hydrogen-bond donors (Lipinski definition) is 2. The van der Waals surface area contributed by atoms with Crippen molar-refractivity contribution in [1.82, 2.24) is 10.3 Å². The number of aliphatic hydroxyl groups is 1. The van der Waals surface area contributed by atoms with E-state index in [1.165, 1.54) is 0 Å². The van der Waals surface area contributed by atoms with Crippen LogP contribution in [0.1, 0.15) is 36.0 Å². The highest BCUT2D eigenvalue weighted by molar-refractivity contribution is 5.92. The maximum absolute atomic E-state index is 11.7. The topological polar surface area (TPSA) is 75.4 Å². The van der Waals surface area contributed by atoms with Crippen LogP contribution in [0.5, 0.6) is 0 Å². The summed E-state index contributed by atoms with van der Waals surface area (Å²) in [5.74, 6) is 0.426. The number of carbonyl (C=O) groups excluding carboxylic acids is 1. The molecule has 0 aromatic carbocycles. The predicted octanol–water partition coefficient (Wildman–Crippen LogP) is 1.04. The van der Waals surface area contributed by atoms with E-state index in [-0.39, 0.29) is 23.7 Å². The third-order valence-electron chi connectivity index (χ3n) is 2.27.